The first-order valence-corrected chi connectivity index (χ1v) is 10.3. The highest BCUT2D eigenvalue weighted by molar-refractivity contribution is 5.97. The molecule has 2 aromatic carbocycles. The normalized spacial score (nSPS) is 15.1. The second-order valence-electron chi connectivity index (χ2n) is 7.55. The number of fused-ring (bicyclic) bond motifs is 1. The van der Waals surface area contributed by atoms with E-state index in [2.05, 4.69) is 5.32 Å². The quantitative estimate of drug-likeness (QED) is 0.579. The van der Waals surface area contributed by atoms with Crippen LogP contribution in [-0.2, 0) is 16.1 Å². The standard InChI is InChI=1S/C24H25NO5/c1-16(23(26)25-17-9-5-6-10-17)29-24(27)22-20(15-28-18-11-3-2-4-12-18)19-13-7-8-14-21(19)30-22/h2-4,7-8,11-14,16-17H,5-6,9-10,15H2,1H3,(H,25,26). The topological polar surface area (TPSA) is 77.8 Å². The fourth-order valence-corrected chi connectivity index (χ4v) is 3.74. The summed E-state index contributed by atoms with van der Waals surface area (Å²) in [5.74, 6) is -0.209. The van der Waals surface area contributed by atoms with Gasteiger partial charge in [0, 0.05) is 11.4 Å². The van der Waals surface area contributed by atoms with Gasteiger partial charge in [0.25, 0.3) is 5.91 Å². The van der Waals surface area contributed by atoms with Gasteiger partial charge in [0.05, 0.1) is 5.56 Å². The van der Waals surface area contributed by atoms with Crippen LogP contribution >= 0.6 is 0 Å². The molecule has 0 radical (unpaired) electrons. The van der Waals surface area contributed by atoms with Crippen molar-refractivity contribution in [1.29, 1.82) is 0 Å². The van der Waals surface area contributed by atoms with E-state index in [4.69, 9.17) is 13.9 Å². The van der Waals surface area contributed by atoms with Crippen molar-refractivity contribution >= 4 is 22.8 Å². The van der Waals surface area contributed by atoms with Gasteiger partial charge in [0.2, 0.25) is 5.76 Å². The number of ether oxygens (including phenoxy) is 2. The van der Waals surface area contributed by atoms with Gasteiger partial charge in [-0.3, -0.25) is 4.79 Å². The van der Waals surface area contributed by atoms with E-state index in [-0.39, 0.29) is 24.3 Å². The Bertz CT molecular complexity index is 1020. The predicted octanol–water partition coefficient (Wildman–Crippen LogP) is 4.62. The summed E-state index contributed by atoms with van der Waals surface area (Å²) >= 11 is 0. The summed E-state index contributed by atoms with van der Waals surface area (Å²) in [4.78, 5) is 25.2. The summed E-state index contributed by atoms with van der Waals surface area (Å²) < 4.78 is 17.1. The number of nitrogens with one attached hydrogen (secondary N) is 1. The van der Waals surface area contributed by atoms with Crippen LogP contribution in [0.4, 0.5) is 0 Å². The molecule has 1 saturated carbocycles. The Kier molecular flexibility index (Phi) is 6.02. The van der Waals surface area contributed by atoms with E-state index in [1.807, 2.05) is 48.5 Å². The lowest BCUT2D eigenvalue weighted by atomic mass is 10.1. The Labute approximate surface area is 175 Å². The van der Waals surface area contributed by atoms with Gasteiger partial charge < -0.3 is 19.2 Å². The van der Waals surface area contributed by atoms with Crippen molar-refractivity contribution in [3.8, 4) is 5.75 Å². The van der Waals surface area contributed by atoms with Gasteiger partial charge in [0.1, 0.15) is 17.9 Å². The largest absolute Gasteiger partial charge is 0.489 e. The lowest BCUT2D eigenvalue weighted by Crippen LogP contribution is -2.40. The third kappa shape index (κ3) is 4.48. The van der Waals surface area contributed by atoms with Crippen LogP contribution in [-0.4, -0.2) is 24.0 Å². The molecule has 1 atom stereocenters. The molecule has 1 N–H and O–H groups in total. The maximum atomic E-state index is 12.8. The van der Waals surface area contributed by atoms with Gasteiger partial charge in [-0.15, -0.1) is 0 Å². The molecule has 1 fully saturated rings. The first-order chi connectivity index (χ1) is 14.6. The maximum Gasteiger partial charge on any atom is 0.375 e. The zero-order valence-corrected chi connectivity index (χ0v) is 16.9. The van der Waals surface area contributed by atoms with Crippen LogP contribution in [0.5, 0.6) is 5.75 Å². The summed E-state index contributed by atoms with van der Waals surface area (Å²) in [6.45, 7) is 1.72. The molecule has 0 bridgehead atoms. The lowest BCUT2D eigenvalue weighted by molar-refractivity contribution is -0.129. The summed E-state index contributed by atoms with van der Waals surface area (Å²) in [6.07, 6.45) is 3.26. The Morgan fingerprint density at radius 2 is 1.77 bits per heavy atom. The van der Waals surface area contributed by atoms with E-state index in [0.29, 0.717) is 16.9 Å². The van der Waals surface area contributed by atoms with E-state index >= 15 is 0 Å². The van der Waals surface area contributed by atoms with Crippen LogP contribution in [0.2, 0.25) is 0 Å². The Morgan fingerprint density at radius 3 is 2.53 bits per heavy atom. The van der Waals surface area contributed by atoms with E-state index in [0.717, 1.165) is 31.1 Å². The Balaban J connectivity index is 1.50. The van der Waals surface area contributed by atoms with E-state index in [9.17, 15) is 9.59 Å². The fraction of sp³-hybridized carbons (Fsp3) is 0.333. The number of hydrogen-bond acceptors (Lipinski definition) is 5. The lowest BCUT2D eigenvalue weighted by Gasteiger charge is -2.17. The van der Waals surface area contributed by atoms with Crippen molar-refractivity contribution in [2.24, 2.45) is 0 Å². The molecule has 6 nitrogen and oxygen atoms in total. The zero-order valence-electron chi connectivity index (χ0n) is 16.9. The number of furan rings is 1. The molecule has 1 aliphatic rings. The molecular weight excluding hydrogens is 382 g/mol. The van der Waals surface area contributed by atoms with Gasteiger partial charge in [-0.05, 0) is 38.0 Å². The highest BCUT2D eigenvalue weighted by Gasteiger charge is 2.27. The van der Waals surface area contributed by atoms with Crippen molar-refractivity contribution in [2.45, 2.75) is 51.4 Å². The Morgan fingerprint density at radius 1 is 1.07 bits per heavy atom. The maximum absolute atomic E-state index is 12.8. The number of esters is 1. The number of para-hydroxylation sites is 2. The van der Waals surface area contributed by atoms with E-state index in [1.165, 1.54) is 0 Å². The number of carbonyl (C=O) groups is 2. The van der Waals surface area contributed by atoms with Gasteiger partial charge in [0.15, 0.2) is 6.10 Å². The summed E-state index contributed by atoms with van der Waals surface area (Å²) in [7, 11) is 0. The molecule has 0 saturated heterocycles. The third-order valence-electron chi connectivity index (χ3n) is 5.36. The molecule has 1 amide bonds. The molecule has 1 aromatic heterocycles. The van der Waals surface area contributed by atoms with Crippen molar-refractivity contribution in [2.75, 3.05) is 0 Å². The molecule has 0 spiro atoms. The number of rotatable bonds is 7. The summed E-state index contributed by atoms with van der Waals surface area (Å²) in [5, 5.41) is 3.73. The molecule has 1 aliphatic carbocycles. The fourth-order valence-electron chi connectivity index (χ4n) is 3.74. The smallest absolute Gasteiger partial charge is 0.375 e. The van der Waals surface area contributed by atoms with Crippen LogP contribution in [0.15, 0.2) is 59.0 Å². The van der Waals surface area contributed by atoms with Gasteiger partial charge in [-0.2, -0.15) is 0 Å². The second kappa shape index (κ2) is 9.03. The highest BCUT2D eigenvalue weighted by Crippen LogP contribution is 2.28. The minimum atomic E-state index is -0.908. The van der Waals surface area contributed by atoms with Crippen LogP contribution in [0, 0.1) is 0 Å². The van der Waals surface area contributed by atoms with E-state index < -0.39 is 12.1 Å². The van der Waals surface area contributed by atoms with Crippen molar-refractivity contribution in [3.63, 3.8) is 0 Å². The van der Waals surface area contributed by atoms with Crippen LogP contribution in [0.1, 0.15) is 48.7 Å². The van der Waals surface area contributed by atoms with Crippen molar-refractivity contribution < 1.29 is 23.5 Å². The van der Waals surface area contributed by atoms with Crippen molar-refractivity contribution in [1.82, 2.24) is 5.32 Å². The molecule has 4 rings (SSSR count). The molecule has 30 heavy (non-hydrogen) atoms. The monoisotopic (exact) mass is 407 g/mol. The molecular formula is C24H25NO5. The third-order valence-corrected chi connectivity index (χ3v) is 5.36. The van der Waals surface area contributed by atoms with Crippen molar-refractivity contribution in [3.05, 3.63) is 65.9 Å². The average Bonchev–Trinajstić information content (AvgIpc) is 3.40. The SMILES string of the molecule is CC(OC(=O)c1oc2ccccc2c1COc1ccccc1)C(=O)NC1CCCC1. The summed E-state index contributed by atoms with van der Waals surface area (Å²) in [6, 6.07) is 16.9. The number of amides is 1. The highest BCUT2D eigenvalue weighted by atomic mass is 16.6. The molecule has 6 heteroatoms. The number of benzene rings is 2. The minimum absolute atomic E-state index is 0.0626. The second-order valence-corrected chi connectivity index (χ2v) is 7.55. The molecule has 0 aliphatic heterocycles. The van der Waals surface area contributed by atoms with Gasteiger partial charge >= 0.3 is 5.97 Å². The minimum Gasteiger partial charge on any atom is -0.489 e. The van der Waals surface area contributed by atoms with Crippen LogP contribution in [0.3, 0.4) is 0 Å². The number of carbonyl (C=O) groups excluding carboxylic acids is 2. The van der Waals surface area contributed by atoms with E-state index in [1.54, 1.807) is 13.0 Å². The Hall–Kier alpha value is -3.28. The molecule has 156 valence electrons. The van der Waals surface area contributed by atoms with Gasteiger partial charge in [-0.1, -0.05) is 49.2 Å². The molecule has 1 unspecified atom stereocenters. The predicted molar refractivity (Wildman–Crippen MR) is 112 cm³/mol. The first kappa shape index (κ1) is 20.0. The molecule has 1 heterocycles. The number of hydrogen-bond donors (Lipinski definition) is 1. The van der Waals surface area contributed by atoms with Crippen LogP contribution < -0.4 is 10.1 Å². The summed E-state index contributed by atoms with van der Waals surface area (Å²) in [5.41, 5.74) is 1.17. The average molecular weight is 407 g/mol. The first-order valence-electron chi connectivity index (χ1n) is 10.3. The molecule has 3 aromatic rings. The zero-order chi connectivity index (χ0) is 20.9. The van der Waals surface area contributed by atoms with Crippen LogP contribution in [0.25, 0.3) is 11.0 Å². The van der Waals surface area contributed by atoms with Gasteiger partial charge in [-0.25, -0.2) is 4.79 Å².